The van der Waals surface area contributed by atoms with Crippen molar-refractivity contribution in [2.75, 3.05) is 14.2 Å². The summed E-state index contributed by atoms with van der Waals surface area (Å²) >= 11 is 7.62. The van der Waals surface area contributed by atoms with Crippen LogP contribution < -0.4 is 9.47 Å². The Balaban J connectivity index is 1.81. The lowest BCUT2D eigenvalue weighted by Gasteiger charge is -2.24. The van der Waals surface area contributed by atoms with E-state index in [0.717, 1.165) is 10.4 Å². The van der Waals surface area contributed by atoms with E-state index in [9.17, 15) is 14.7 Å². The minimum Gasteiger partial charge on any atom is -0.507 e. The Morgan fingerprint density at radius 3 is 2.56 bits per heavy atom. The summed E-state index contributed by atoms with van der Waals surface area (Å²) in [5.74, 6) is -0.598. The van der Waals surface area contributed by atoms with Gasteiger partial charge >= 0.3 is 0 Å². The summed E-state index contributed by atoms with van der Waals surface area (Å²) in [7, 11) is 3.05. The zero-order valence-electron chi connectivity index (χ0n) is 17.4. The fraction of sp³-hybridized carbons (Fsp3) is 0.167. The molecule has 4 rings (SSSR count). The molecule has 1 fully saturated rings. The average Bonchev–Trinajstić information content (AvgIpc) is 3.41. The highest BCUT2D eigenvalue weighted by atomic mass is 35.5. The summed E-state index contributed by atoms with van der Waals surface area (Å²) in [5, 5.41) is 13.3. The summed E-state index contributed by atoms with van der Waals surface area (Å²) in [6, 6.07) is 15.0. The third-order valence-corrected chi connectivity index (χ3v) is 6.49. The number of ether oxygens (including phenoxy) is 2. The molecule has 8 heteroatoms. The average molecular weight is 470 g/mol. The number of carbonyl (C=O) groups is 2. The molecule has 0 radical (unpaired) electrons. The van der Waals surface area contributed by atoms with Gasteiger partial charge in [-0.25, -0.2) is 0 Å². The third kappa shape index (κ3) is 3.97. The highest BCUT2D eigenvalue weighted by Crippen LogP contribution is 2.42. The predicted molar refractivity (Wildman–Crippen MR) is 123 cm³/mol. The van der Waals surface area contributed by atoms with E-state index in [1.54, 1.807) is 19.2 Å². The first-order chi connectivity index (χ1) is 15.4. The number of likely N-dealkylation sites (tertiary alicyclic amines) is 1. The predicted octanol–water partition coefficient (Wildman–Crippen LogP) is 5.04. The number of halogens is 1. The summed E-state index contributed by atoms with van der Waals surface area (Å²) in [4.78, 5) is 28.4. The Kier molecular flexibility index (Phi) is 6.21. The normalized spacial score (nSPS) is 17.6. The molecular weight excluding hydrogens is 450 g/mol. The number of methoxy groups -OCH3 is 2. The smallest absolute Gasteiger partial charge is 0.295 e. The molecule has 1 aromatic heterocycles. The lowest BCUT2D eigenvalue weighted by Crippen LogP contribution is -2.28. The molecule has 0 aliphatic carbocycles. The van der Waals surface area contributed by atoms with Crippen LogP contribution in [0.25, 0.3) is 5.76 Å². The highest BCUT2D eigenvalue weighted by molar-refractivity contribution is 7.10. The van der Waals surface area contributed by atoms with Crippen LogP contribution in [0.5, 0.6) is 11.5 Å². The number of nitrogens with zero attached hydrogens (tertiary/aromatic N) is 1. The molecule has 1 saturated heterocycles. The fourth-order valence-corrected chi connectivity index (χ4v) is 4.83. The SMILES string of the molecule is COc1cccc(CN2C(=O)C(=O)/C(=C(\O)c3ccc(OC)c(Cl)c3)C2c2cccs2)c1. The van der Waals surface area contributed by atoms with Crippen LogP contribution >= 0.6 is 22.9 Å². The van der Waals surface area contributed by atoms with Gasteiger partial charge in [0.15, 0.2) is 0 Å². The summed E-state index contributed by atoms with van der Waals surface area (Å²) in [6.07, 6.45) is 0. The molecule has 6 nitrogen and oxygen atoms in total. The van der Waals surface area contributed by atoms with Crippen LogP contribution in [-0.4, -0.2) is 35.9 Å². The first kappa shape index (κ1) is 21.9. The van der Waals surface area contributed by atoms with E-state index in [4.69, 9.17) is 21.1 Å². The summed E-state index contributed by atoms with van der Waals surface area (Å²) in [6.45, 7) is 0.185. The van der Waals surface area contributed by atoms with Gasteiger partial charge in [-0.3, -0.25) is 9.59 Å². The van der Waals surface area contributed by atoms with Gasteiger partial charge in [-0.05, 0) is 47.3 Å². The van der Waals surface area contributed by atoms with E-state index in [1.165, 1.54) is 29.4 Å². The molecule has 164 valence electrons. The molecule has 0 spiro atoms. The molecule has 0 bridgehead atoms. The topological polar surface area (TPSA) is 76.1 Å². The van der Waals surface area contributed by atoms with E-state index < -0.39 is 17.7 Å². The second-order valence-corrected chi connectivity index (χ2v) is 8.53. The number of ketones is 1. The van der Waals surface area contributed by atoms with Crippen LogP contribution in [0.1, 0.15) is 22.0 Å². The molecule has 32 heavy (non-hydrogen) atoms. The van der Waals surface area contributed by atoms with E-state index in [-0.39, 0.29) is 22.9 Å². The third-order valence-electron chi connectivity index (χ3n) is 5.26. The van der Waals surface area contributed by atoms with Crippen LogP contribution in [-0.2, 0) is 16.1 Å². The molecule has 3 aromatic rings. The van der Waals surface area contributed by atoms with Gasteiger partial charge < -0.3 is 19.5 Å². The summed E-state index contributed by atoms with van der Waals surface area (Å²) in [5.41, 5.74) is 1.17. The van der Waals surface area contributed by atoms with E-state index >= 15 is 0 Å². The van der Waals surface area contributed by atoms with Gasteiger partial charge in [-0.15, -0.1) is 11.3 Å². The van der Waals surface area contributed by atoms with Crippen LogP contribution in [0.4, 0.5) is 0 Å². The number of amides is 1. The van der Waals surface area contributed by atoms with Crippen LogP contribution in [0, 0.1) is 0 Å². The first-order valence-electron chi connectivity index (χ1n) is 9.73. The monoisotopic (exact) mass is 469 g/mol. The number of aliphatic hydroxyl groups excluding tert-OH is 1. The van der Waals surface area contributed by atoms with Crippen molar-refractivity contribution in [2.45, 2.75) is 12.6 Å². The first-order valence-corrected chi connectivity index (χ1v) is 11.0. The number of hydrogen-bond donors (Lipinski definition) is 1. The van der Waals surface area contributed by atoms with Crippen molar-refractivity contribution in [3.05, 3.63) is 86.6 Å². The lowest BCUT2D eigenvalue weighted by atomic mass is 9.99. The number of aliphatic hydroxyl groups is 1. The molecule has 2 aromatic carbocycles. The Bertz CT molecular complexity index is 1200. The zero-order valence-corrected chi connectivity index (χ0v) is 18.9. The minimum absolute atomic E-state index is 0.0292. The quantitative estimate of drug-likeness (QED) is 0.311. The van der Waals surface area contributed by atoms with E-state index in [0.29, 0.717) is 17.1 Å². The van der Waals surface area contributed by atoms with Gasteiger partial charge in [-0.1, -0.05) is 29.8 Å². The maximum Gasteiger partial charge on any atom is 0.295 e. The molecule has 1 amide bonds. The Hall–Kier alpha value is -3.29. The minimum atomic E-state index is -0.740. The molecule has 1 unspecified atom stereocenters. The van der Waals surface area contributed by atoms with Crippen molar-refractivity contribution in [2.24, 2.45) is 0 Å². The number of carbonyl (C=O) groups excluding carboxylic acids is 2. The molecule has 1 aliphatic heterocycles. The summed E-state index contributed by atoms with van der Waals surface area (Å²) < 4.78 is 10.4. The largest absolute Gasteiger partial charge is 0.507 e. The Morgan fingerprint density at radius 2 is 1.91 bits per heavy atom. The Labute approximate surface area is 194 Å². The maximum atomic E-state index is 13.1. The molecule has 1 atom stereocenters. The van der Waals surface area contributed by atoms with Gasteiger partial charge in [0.05, 0.1) is 30.9 Å². The van der Waals surface area contributed by atoms with Crippen LogP contribution in [0.15, 0.2) is 65.6 Å². The van der Waals surface area contributed by atoms with Gasteiger partial charge in [-0.2, -0.15) is 0 Å². The number of thiophene rings is 1. The van der Waals surface area contributed by atoms with E-state index in [1.807, 2.05) is 41.8 Å². The number of hydrogen-bond acceptors (Lipinski definition) is 6. The molecule has 1 N–H and O–H groups in total. The van der Waals surface area contributed by atoms with Crippen LogP contribution in [0.3, 0.4) is 0 Å². The lowest BCUT2D eigenvalue weighted by molar-refractivity contribution is -0.140. The van der Waals surface area contributed by atoms with Gasteiger partial charge in [0.25, 0.3) is 11.7 Å². The number of benzene rings is 2. The Morgan fingerprint density at radius 1 is 1.09 bits per heavy atom. The van der Waals surface area contributed by atoms with Gasteiger partial charge in [0.2, 0.25) is 0 Å². The van der Waals surface area contributed by atoms with Crippen molar-refractivity contribution in [1.29, 1.82) is 0 Å². The van der Waals surface area contributed by atoms with Crippen molar-refractivity contribution >= 4 is 40.4 Å². The fourth-order valence-electron chi connectivity index (χ4n) is 3.72. The molecule has 0 saturated carbocycles. The zero-order chi connectivity index (χ0) is 22.8. The standard InChI is InChI=1S/C24H20ClNO5S/c1-30-16-6-3-5-14(11-16)13-26-21(19-7-4-10-32-19)20(23(28)24(26)29)22(27)15-8-9-18(31-2)17(25)12-15/h3-12,21,27H,13H2,1-2H3/b22-20-. The van der Waals surface area contributed by atoms with Gasteiger partial charge in [0.1, 0.15) is 17.3 Å². The second kappa shape index (κ2) is 9.06. The van der Waals surface area contributed by atoms with Crippen molar-refractivity contribution in [3.63, 3.8) is 0 Å². The second-order valence-electron chi connectivity index (χ2n) is 7.14. The van der Waals surface area contributed by atoms with Crippen molar-refractivity contribution in [1.82, 2.24) is 4.90 Å². The van der Waals surface area contributed by atoms with Gasteiger partial charge in [0, 0.05) is 17.0 Å². The molecular formula is C24H20ClNO5S. The molecule has 1 aliphatic rings. The molecule has 2 heterocycles. The highest BCUT2D eigenvalue weighted by Gasteiger charge is 2.46. The van der Waals surface area contributed by atoms with Crippen LogP contribution in [0.2, 0.25) is 5.02 Å². The number of rotatable bonds is 6. The van der Waals surface area contributed by atoms with Crippen molar-refractivity contribution in [3.8, 4) is 11.5 Å². The number of Topliss-reactive ketones (excluding diaryl/α,β-unsaturated/α-hetero) is 1. The van der Waals surface area contributed by atoms with Crippen molar-refractivity contribution < 1.29 is 24.2 Å². The van der Waals surface area contributed by atoms with E-state index in [2.05, 4.69) is 0 Å². The maximum absolute atomic E-state index is 13.1.